The van der Waals surface area contributed by atoms with Crippen LogP contribution >= 0.6 is 0 Å². The number of pyridine rings is 1. The van der Waals surface area contributed by atoms with E-state index in [0.717, 1.165) is 11.3 Å². The van der Waals surface area contributed by atoms with Crippen LogP contribution in [0.2, 0.25) is 0 Å². The molecule has 0 radical (unpaired) electrons. The lowest BCUT2D eigenvalue weighted by molar-refractivity contribution is -0.0510. The molecule has 2 atom stereocenters. The van der Waals surface area contributed by atoms with Gasteiger partial charge >= 0.3 is 6.09 Å². The Labute approximate surface area is 142 Å². The monoisotopic (exact) mass is 332 g/mol. The summed E-state index contributed by atoms with van der Waals surface area (Å²) in [5.74, 6) is 0.726. The van der Waals surface area contributed by atoms with Crippen LogP contribution in [-0.2, 0) is 9.47 Å². The third-order valence-electron chi connectivity index (χ3n) is 4.12. The second-order valence-corrected chi connectivity index (χ2v) is 7.16. The molecule has 0 aliphatic carbocycles. The van der Waals surface area contributed by atoms with Gasteiger partial charge in [-0.25, -0.2) is 4.79 Å². The fourth-order valence-electron chi connectivity index (χ4n) is 3.12. The molecule has 2 aliphatic rings. The van der Waals surface area contributed by atoms with Crippen molar-refractivity contribution >= 4 is 11.7 Å². The number of fused-ring (bicyclic) bond motifs is 2. The second kappa shape index (κ2) is 6.43. The number of hydrogen-bond donors (Lipinski definition) is 0. The number of morpholine rings is 1. The molecule has 1 fully saturated rings. The third kappa shape index (κ3) is 3.53. The lowest BCUT2D eigenvalue weighted by Crippen LogP contribution is -2.57. The van der Waals surface area contributed by atoms with Gasteiger partial charge in [0.05, 0.1) is 38.6 Å². The van der Waals surface area contributed by atoms with Crippen LogP contribution in [-0.4, -0.2) is 54.0 Å². The predicted octanol–water partition coefficient (Wildman–Crippen LogP) is 2.88. The number of carbonyl (C=O) groups excluding carboxylic acids is 1. The second-order valence-electron chi connectivity index (χ2n) is 7.16. The molecule has 2 bridgehead atoms. The zero-order valence-corrected chi connectivity index (χ0v) is 14.6. The molecule has 2 aliphatic heterocycles. The Hall–Kier alpha value is -2.08. The van der Waals surface area contributed by atoms with Crippen molar-refractivity contribution in [1.29, 1.82) is 0 Å². The number of methoxy groups -OCH3 is 1. The standard InChI is InChI=1S/C18H24N2O4/c1-18(2,3)24-17(21)20-14-5-12(6-15(20)11-23-10-14)13-7-16(22-4)9-19-8-13/h5,7-9,14-15H,6,10-11H2,1-4H3. The number of amides is 1. The summed E-state index contributed by atoms with van der Waals surface area (Å²) in [6.07, 6.45) is 6.03. The summed E-state index contributed by atoms with van der Waals surface area (Å²) in [6.45, 7) is 6.64. The minimum Gasteiger partial charge on any atom is -0.495 e. The molecule has 1 amide bonds. The van der Waals surface area contributed by atoms with E-state index in [9.17, 15) is 4.79 Å². The Morgan fingerprint density at radius 2 is 2.12 bits per heavy atom. The first-order valence-electron chi connectivity index (χ1n) is 8.16. The quantitative estimate of drug-likeness (QED) is 0.833. The Morgan fingerprint density at radius 3 is 2.79 bits per heavy atom. The largest absolute Gasteiger partial charge is 0.495 e. The Kier molecular flexibility index (Phi) is 4.49. The van der Waals surface area contributed by atoms with Crippen molar-refractivity contribution in [3.63, 3.8) is 0 Å². The van der Waals surface area contributed by atoms with Crippen LogP contribution < -0.4 is 4.74 Å². The maximum atomic E-state index is 12.6. The van der Waals surface area contributed by atoms with E-state index in [-0.39, 0.29) is 18.2 Å². The van der Waals surface area contributed by atoms with Gasteiger partial charge in [0.2, 0.25) is 0 Å². The van der Waals surface area contributed by atoms with Crippen molar-refractivity contribution in [2.75, 3.05) is 20.3 Å². The highest BCUT2D eigenvalue weighted by Gasteiger charge is 2.40. The van der Waals surface area contributed by atoms with E-state index in [1.807, 2.05) is 37.9 Å². The maximum absolute atomic E-state index is 12.6. The summed E-state index contributed by atoms with van der Waals surface area (Å²) >= 11 is 0. The molecule has 24 heavy (non-hydrogen) atoms. The molecule has 3 rings (SSSR count). The van der Waals surface area contributed by atoms with Crippen LogP contribution in [0.5, 0.6) is 5.75 Å². The Morgan fingerprint density at radius 1 is 1.33 bits per heavy atom. The topological polar surface area (TPSA) is 60.9 Å². The van der Waals surface area contributed by atoms with Crippen molar-refractivity contribution in [3.8, 4) is 5.75 Å². The van der Waals surface area contributed by atoms with Crippen molar-refractivity contribution in [2.24, 2.45) is 0 Å². The van der Waals surface area contributed by atoms with Crippen molar-refractivity contribution in [1.82, 2.24) is 9.88 Å². The van der Waals surface area contributed by atoms with E-state index < -0.39 is 5.60 Å². The van der Waals surface area contributed by atoms with Crippen LogP contribution in [0.15, 0.2) is 24.5 Å². The average Bonchev–Trinajstić information content (AvgIpc) is 2.52. The molecule has 0 N–H and O–H groups in total. The summed E-state index contributed by atoms with van der Waals surface area (Å²) < 4.78 is 16.5. The van der Waals surface area contributed by atoms with Gasteiger partial charge in [-0.1, -0.05) is 6.08 Å². The van der Waals surface area contributed by atoms with Crippen LogP contribution in [0.1, 0.15) is 32.8 Å². The smallest absolute Gasteiger partial charge is 0.411 e. The molecule has 6 heteroatoms. The summed E-state index contributed by atoms with van der Waals surface area (Å²) in [5, 5.41) is 0. The maximum Gasteiger partial charge on any atom is 0.411 e. The first-order valence-corrected chi connectivity index (χ1v) is 8.16. The minimum absolute atomic E-state index is 0.0233. The molecule has 130 valence electrons. The predicted molar refractivity (Wildman–Crippen MR) is 89.9 cm³/mol. The van der Waals surface area contributed by atoms with E-state index >= 15 is 0 Å². The van der Waals surface area contributed by atoms with Gasteiger partial charge in [0, 0.05) is 6.20 Å². The van der Waals surface area contributed by atoms with Crippen molar-refractivity contribution in [3.05, 3.63) is 30.1 Å². The number of aromatic nitrogens is 1. The van der Waals surface area contributed by atoms with E-state index in [1.165, 1.54) is 5.57 Å². The summed E-state index contributed by atoms with van der Waals surface area (Å²) in [4.78, 5) is 18.6. The van der Waals surface area contributed by atoms with Gasteiger partial charge in [0.15, 0.2) is 0 Å². The van der Waals surface area contributed by atoms with Gasteiger partial charge in [-0.2, -0.15) is 0 Å². The molecule has 1 aromatic rings. The van der Waals surface area contributed by atoms with Crippen molar-refractivity contribution < 1.29 is 19.0 Å². The summed E-state index contributed by atoms with van der Waals surface area (Å²) in [6, 6.07) is 1.83. The number of hydrogen-bond acceptors (Lipinski definition) is 5. The molecule has 3 heterocycles. The minimum atomic E-state index is -0.507. The van der Waals surface area contributed by atoms with Gasteiger partial charge in [-0.3, -0.25) is 9.88 Å². The Bertz CT molecular complexity index is 651. The highest BCUT2D eigenvalue weighted by Crippen LogP contribution is 2.34. The molecule has 2 unspecified atom stereocenters. The number of ether oxygens (including phenoxy) is 3. The third-order valence-corrected chi connectivity index (χ3v) is 4.12. The van der Waals surface area contributed by atoms with Crippen LogP contribution in [0, 0.1) is 0 Å². The first kappa shape index (κ1) is 16.8. The molecular weight excluding hydrogens is 308 g/mol. The molecular formula is C18H24N2O4. The van der Waals surface area contributed by atoms with Crippen LogP contribution in [0.25, 0.3) is 5.57 Å². The highest BCUT2D eigenvalue weighted by atomic mass is 16.6. The molecule has 0 saturated carbocycles. The van der Waals surface area contributed by atoms with Gasteiger partial charge < -0.3 is 14.2 Å². The molecule has 0 spiro atoms. The van der Waals surface area contributed by atoms with Crippen LogP contribution in [0.4, 0.5) is 4.79 Å². The van der Waals surface area contributed by atoms with Crippen LogP contribution in [0.3, 0.4) is 0 Å². The first-order chi connectivity index (χ1) is 11.4. The molecule has 6 nitrogen and oxygen atoms in total. The highest BCUT2D eigenvalue weighted by molar-refractivity contribution is 5.75. The zero-order chi connectivity index (χ0) is 17.3. The Balaban J connectivity index is 1.85. The number of nitrogens with zero attached hydrogens (tertiary/aromatic N) is 2. The van der Waals surface area contributed by atoms with E-state index in [2.05, 4.69) is 11.1 Å². The average molecular weight is 332 g/mol. The van der Waals surface area contributed by atoms with E-state index in [0.29, 0.717) is 19.6 Å². The van der Waals surface area contributed by atoms with E-state index in [1.54, 1.807) is 13.3 Å². The van der Waals surface area contributed by atoms with Gasteiger partial charge in [-0.15, -0.1) is 0 Å². The SMILES string of the molecule is COc1cncc(C2=CC3COCC(C2)N3C(=O)OC(C)(C)C)c1. The zero-order valence-electron chi connectivity index (χ0n) is 14.6. The van der Waals surface area contributed by atoms with Gasteiger partial charge in [0.1, 0.15) is 11.4 Å². The molecule has 1 saturated heterocycles. The lowest BCUT2D eigenvalue weighted by atomic mass is 9.91. The normalized spacial score (nSPS) is 23.5. The number of carbonyl (C=O) groups is 1. The van der Waals surface area contributed by atoms with Gasteiger partial charge in [0.25, 0.3) is 0 Å². The summed E-state index contributed by atoms with van der Waals surface area (Å²) in [5.41, 5.74) is 1.68. The summed E-state index contributed by atoms with van der Waals surface area (Å²) in [7, 11) is 1.63. The molecule has 0 aromatic carbocycles. The fraction of sp³-hybridized carbons (Fsp3) is 0.556. The molecule has 1 aromatic heterocycles. The van der Waals surface area contributed by atoms with E-state index in [4.69, 9.17) is 14.2 Å². The van der Waals surface area contributed by atoms with Gasteiger partial charge in [-0.05, 0) is 44.4 Å². The lowest BCUT2D eigenvalue weighted by Gasteiger charge is -2.44. The van der Waals surface area contributed by atoms with Crippen molar-refractivity contribution in [2.45, 2.75) is 44.9 Å². The fourth-order valence-corrected chi connectivity index (χ4v) is 3.12. The number of rotatable bonds is 2.